The number of rotatable bonds is 7. The number of anilines is 2. The summed E-state index contributed by atoms with van der Waals surface area (Å²) in [6, 6.07) is 12.4. The van der Waals surface area contributed by atoms with Crippen LogP contribution in [0.5, 0.6) is 0 Å². The fourth-order valence-electron chi connectivity index (χ4n) is 3.43. The van der Waals surface area contributed by atoms with Crippen LogP contribution in [0, 0.1) is 0 Å². The monoisotopic (exact) mass is 400 g/mol. The van der Waals surface area contributed by atoms with E-state index >= 15 is 0 Å². The number of aryl methyl sites for hydroxylation is 1. The molecular weight excluding hydrogens is 372 g/mol. The van der Waals surface area contributed by atoms with Crippen LogP contribution in [0.2, 0.25) is 0 Å². The lowest BCUT2D eigenvalue weighted by molar-refractivity contribution is -0.118. The van der Waals surface area contributed by atoms with Crippen LogP contribution in [-0.2, 0) is 21.2 Å². The molecule has 0 bridgehead atoms. The van der Waals surface area contributed by atoms with E-state index in [9.17, 15) is 13.2 Å². The summed E-state index contributed by atoms with van der Waals surface area (Å²) in [4.78, 5) is 14.3. The van der Waals surface area contributed by atoms with Gasteiger partial charge in [0.1, 0.15) is 0 Å². The van der Waals surface area contributed by atoms with Crippen LogP contribution >= 0.6 is 0 Å². The molecule has 1 aliphatic heterocycles. The van der Waals surface area contributed by atoms with Crippen molar-refractivity contribution < 1.29 is 13.2 Å². The van der Waals surface area contributed by atoms with E-state index in [2.05, 4.69) is 25.5 Å². The highest BCUT2D eigenvalue weighted by Crippen LogP contribution is 2.31. The number of fused-ring (bicyclic) bond motifs is 1. The Balaban J connectivity index is 1.82. The second-order valence-electron chi connectivity index (χ2n) is 7.57. The minimum absolute atomic E-state index is 0.138. The molecule has 2 aromatic carbocycles. The van der Waals surface area contributed by atoms with Gasteiger partial charge in [-0.1, -0.05) is 39.3 Å². The van der Waals surface area contributed by atoms with E-state index in [0.717, 1.165) is 29.7 Å². The summed E-state index contributed by atoms with van der Waals surface area (Å²) in [6.07, 6.45) is 3.07. The summed E-state index contributed by atoms with van der Waals surface area (Å²) >= 11 is 0. The SMILES string of the molecule is CCCCN1C(=O)CCc2cc(NS(=O)(=O)c3ccc(C(C)C)cc3)ccc21. The Bertz CT molecular complexity index is 950. The first kappa shape index (κ1) is 20.4. The zero-order chi connectivity index (χ0) is 20.3. The van der Waals surface area contributed by atoms with E-state index in [1.807, 2.05) is 29.2 Å². The summed E-state index contributed by atoms with van der Waals surface area (Å²) in [5.41, 5.74) is 3.53. The second kappa shape index (κ2) is 8.35. The number of nitrogens with zero attached hydrogens (tertiary/aromatic N) is 1. The Hall–Kier alpha value is -2.34. The number of carbonyl (C=O) groups excluding carboxylic acids is 1. The molecule has 1 aliphatic rings. The van der Waals surface area contributed by atoms with Crippen LogP contribution in [0.4, 0.5) is 11.4 Å². The first-order chi connectivity index (χ1) is 13.3. The lowest BCUT2D eigenvalue weighted by Gasteiger charge is -2.29. The number of nitrogens with one attached hydrogen (secondary N) is 1. The molecule has 6 heteroatoms. The molecule has 0 aromatic heterocycles. The highest BCUT2D eigenvalue weighted by Gasteiger charge is 2.24. The minimum atomic E-state index is -3.65. The van der Waals surface area contributed by atoms with Crippen molar-refractivity contribution in [1.82, 2.24) is 0 Å². The maximum atomic E-state index is 12.7. The number of carbonyl (C=O) groups is 1. The predicted molar refractivity (Wildman–Crippen MR) is 113 cm³/mol. The zero-order valence-electron chi connectivity index (χ0n) is 16.7. The van der Waals surface area contributed by atoms with Gasteiger partial charge in [0.25, 0.3) is 10.0 Å². The third-order valence-corrected chi connectivity index (χ3v) is 6.52. The summed E-state index contributed by atoms with van der Waals surface area (Å²) in [5, 5.41) is 0. The number of sulfonamides is 1. The molecule has 150 valence electrons. The molecule has 0 saturated heterocycles. The van der Waals surface area contributed by atoms with Crippen molar-refractivity contribution in [1.29, 1.82) is 0 Å². The van der Waals surface area contributed by atoms with Crippen molar-refractivity contribution >= 4 is 27.3 Å². The predicted octanol–water partition coefficient (Wildman–Crippen LogP) is 4.69. The molecule has 0 fully saturated rings. The van der Waals surface area contributed by atoms with Gasteiger partial charge in [-0.15, -0.1) is 0 Å². The van der Waals surface area contributed by atoms with Crippen LogP contribution in [0.3, 0.4) is 0 Å². The van der Waals surface area contributed by atoms with Crippen molar-refractivity contribution in [2.75, 3.05) is 16.2 Å². The van der Waals surface area contributed by atoms with E-state index in [4.69, 9.17) is 0 Å². The van der Waals surface area contributed by atoms with Crippen molar-refractivity contribution in [3.05, 3.63) is 53.6 Å². The maximum Gasteiger partial charge on any atom is 0.261 e. The first-order valence-corrected chi connectivity index (χ1v) is 11.4. The van der Waals surface area contributed by atoms with E-state index in [1.165, 1.54) is 0 Å². The molecular formula is C22H28N2O3S. The molecule has 0 unspecified atom stereocenters. The summed E-state index contributed by atoms with van der Waals surface area (Å²) in [6.45, 7) is 6.95. The fourth-order valence-corrected chi connectivity index (χ4v) is 4.48. The van der Waals surface area contributed by atoms with Crippen LogP contribution in [0.1, 0.15) is 57.1 Å². The Morgan fingerprint density at radius 1 is 1.07 bits per heavy atom. The normalized spacial score (nSPS) is 14.3. The van der Waals surface area contributed by atoms with Gasteiger partial charge in [-0.05, 0) is 60.2 Å². The van der Waals surface area contributed by atoms with Gasteiger partial charge in [-0.3, -0.25) is 9.52 Å². The van der Waals surface area contributed by atoms with Gasteiger partial charge >= 0.3 is 0 Å². The molecule has 0 spiro atoms. The maximum absolute atomic E-state index is 12.7. The first-order valence-electron chi connectivity index (χ1n) is 9.88. The van der Waals surface area contributed by atoms with E-state index < -0.39 is 10.0 Å². The van der Waals surface area contributed by atoms with Crippen LogP contribution in [0.15, 0.2) is 47.4 Å². The van der Waals surface area contributed by atoms with E-state index in [-0.39, 0.29) is 10.8 Å². The Kier molecular flexibility index (Phi) is 6.08. The van der Waals surface area contributed by atoms with Crippen molar-refractivity contribution in [3.63, 3.8) is 0 Å². The summed E-state index contributed by atoms with van der Waals surface area (Å²) in [5.74, 6) is 0.489. The Morgan fingerprint density at radius 2 is 1.79 bits per heavy atom. The van der Waals surface area contributed by atoms with Gasteiger partial charge in [0.2, 0.25) is 5.91 Å². The topological polar surface area (TPSA) is 66.5 Å². The number of benzene rings is 2. The lowest BCUT2D eigenvalue weighted by atomic mass is 10.00. The third kappa shape index (κ3) is 4.38. The van der Waals surface area contributed by atoms with E-state index in [0.29, 0.717) is 31.0 Å². The zero-order valence-corrected chi connectivity index (χ0v) is 17.6. The van der Waals surface area contributed by atoms with Gasteiger partial charge in [0.15, 0.2) is 0 Å². The average Bonchev–Trinajstić information content (AvgIpc) is 2.67. The second-order valence-corrected chi connectivity index (χ2v) is 9.25. The molecule has 28 heavy (non-hydrogen) atoms. The highest BCUT2D eigenvalue weighted by molar-refractivity contribution is 7.92. The third-order valence-electron chi connectivity index (χ3n) is 5.12. The van der Waals surface area contributed by atoms with Crippen molar-refractivity contribution in [2.45, 2.75) is 57.3 Å². The lowest BCUT2D eigenvalue weighted by Crippen LogP contribution is -2.35. The van der Waals surface area contributed by atoms with Crippen molar-refractivity contribution in [3.8, 4) is 0 Å². The summed E-state index contributed by atoms with van der Waals surface area (Å²) in [7, 11) is -3.65. The molecule has 0 aliphatic carbocycles. The average molecular weight is 401 g/mol. The minimum Gasteiger partial charge on any atom is -0.312 e. The number of hydrogen-bond acceptors (Lipinski definition) is 3. The van der Waals surface area contributed by atoms with Gasteiger partial charge in [-0.25, -0.2) is 8.42 Å². The van der Waals surface area contributed by atoms with Crippen molar-refractivity contribution in [2.24, 2.45) is 0 Å². The summed E-state index contributed by atoms with van der Waals surface area (Å²) < 4.78 is 28.1. The molecule has 1 N–H and O–H groups in total. The molecule has 3 rings (SSSR count). The molecule has 0 radical (unpaired) electrons. The fraction of sp³-hybridized carbons (Fsp3) is 0.409. The standard InChI is InChI=1S/C22H28N2O3S/c1-4-5-14-24-21-12-9-19(15-18(21)8-13-22(24)25)23-28(26,27)20-10-6-17(7-11-20)16(2)3/h6-7,9-12,15-16,23H,4-5,8,13-14H2,1-3H3. The number of unbranched alkanes of at least 4 members (excludes halogenated alkanes) is 1. The van der Waals surface area contributed by atoms with E-state index in [1.54, 1.807) is 18.2 Å². The van der Waals surface area contributed by atoms with Crippen LogP contribution in [-0.4, -0.2) is 20.9 Å². The van der Waals surface area contributed by atoms with Gasteiger partial charge < -0.3 is 4.90 Å². The molecule has 1 amide bonds. The number of amides is 1. The highest BCUT2D eigenvalue weighted by atomic mass is 32.2. The molecule has 2 aromatic rings. The molecule has 1 heterocycles. The number of hydrogen-bond donors (Lipinski definition) is 1. The van der Waals surface area contributed by atoms with Crippen LogP contribution < -0.4 is 9.62 Å². The largest absolute Gasteiger partial charge is 0.312 e. The van der Waals surface area contributed by atoms with Gasteiger partial charge in [0.05, 0.1) is 4.90 Å². The van der Waals surface area contributed by atoms with Crippen LogP contribution in [0.25, 0.3) is 0 Å². The molecule has 0 saturated carbocycles. The Labute approximate surface area is 167 Å². The quantitative estimate of drug-likeness (QED) is 0.733. The smallest absolute Gasteiger partial charge is 0.261 e. The molecule has 0 atom stereocenters. The molecule has 5 nitrogen and oxygen atoms in total. The Morgan fingerprint density at radius 3 is 2.43 bits per heavy atom. The van der Waals surface area contributed by atoms with Gasteiger partial charge in [0, 0.05) is 24.3 Å². The van der Waals surface area contributed by atoms with Gasteiger partial charge in [-0.2, -0.15) is 0 Å².